The zero-order valence-electron chi connectivity index (χ0n) is 16.2. The molecular formula is C21H26N4OS. The molecule has 0 bridgehead atoms. The van der Waals surface area contributed by atoms with E-state index in [0.717, 1.165) is 43.2 Å². The summed E-state index contributed by atoms with van der Waals surface area (Å²) in [5, 5.41) is 4.02. The first-order valence-electron chi connectivity index (χ1n) is 9.58. The lowest BCUT2D eigenvalue weighted by Crippen LogP contribution is -2.44. The number of likely N-dealkylation sites (tertiary alicyclic amines) is 1. The quantitative estimate of drug-likeness (QED) is 0.686. The van der Waals surface area contributed by atoms with Crippen molar-refractivity contribution in [2.24, 2.45) is 0 Å². The molecule has 1 aliphatic heterocycles. The molecule has 0 N–H and O–H groups in total. The van der Waals surface area contributed by atoms with Gasteiger partial charge in [0.15, 0.2) is 0 Å². The first-order chi connectivity index (χ1) is 13.1. The van der Waals surface area contributed by atoms with Crippen LogP contribution in [-0.4, -0.2) is 58.5 Å². The second-order valence-electron chi connectivity index (χ2n) is 7.32. The van der Waals surface area contributed by atoms with Crippen LogP contribution in [0.4, 0.5) is 0 Å². The number of amides is 1. The van der Waals surface area contributed by atoms with Gasteiger partial charge in [0.25, 0.3) is 5.91 Å². The zero-order valence-corrected chi connectivity index (χ0v) is 17.0. The number of hydrogen-bond donors (Lipinski definition) is 0. The van der Waals surface area contributed by atoms with E-state index in [1.165, 1.54) is 10.9 Å². The summed E-state index contributed by atoms with van der Waals surface area (Å²) in [4.78, 5) is 21.9. The SMILES string of the molecule is CCn1c(-c2nc(C(=O)N(C)C3CCN(C)CC3)cs2)cc2ccccc21. The predicted molar refractivity (Wildman–Crippen MR) is 111 cm³/mol. The first-order valence-corrected chi connectivity index (χ1v) is 10.5. The van der Waals surface area contributed by atoms with E-state index in [1.807, 2.05) is 17.3 Å². The van der Waals surface area contributed by atoms with Crippen LogP contribution >= 0.6 is 11.3 Å². The van der Waals surface area contributed by atoms with Crippen LogP contribution in [0.15, 0.2) is 35.7 Å². The Morgan fingerprint density at radius 3 is 2.78 bits per heavy atom. The first kappa shape index (κ1) is 18.2. The number of aromatic nitrogens is 2. The summed E-state index contributed by atoms with van der Waals surface area (Å²) >= 11 is 1.55. The van der Waals surface area contributed by atoms with E-state index >= 15 is 0 Å². The molecular weight excluding hydrogens is 356 g/mol. The number of para-hydroxylation sites is 1. The zero-order chi connectivity index (χ0) is 19.0. The molecule has 6 heteroatoms. The lowest BCUT2D eigenvalue weighted by molar-refractivity contribution is 0.0654. The highest BCUT2D eigenvalue weighted by Crippen LogP contribution is 2.31. The molecule has 1 aromatic carbocycles. The maximum atomic E-state index is 12.9. The lowest BCUT2D eigenvalue weighted by Gasteiger charge is -2.34. The van der Waals surface area contributed by atoms with Gasteiger partial charge in [-0.05, 0) is 52.0 Å². The van der Waals surface area contributed by atoms with Gasteiger partial charge in [-0.15, -0.1) is 11.3 Å². The summed E-state index contributed by atoms with van der Waals surface area (Å²) in [5.41, 5.74) is 2.86. The average Bonchev–Trinajstić information content (AvgIpc) is 3.31. The molecule has 4 rings (SSSR count). The molecule has 142 valence electrons. The number of thiazole rings is 1. The van der Waals surface area contributed by atoms with E-state index in [2.05, 4.69) is 53.8 Å². The summed E-state index contributed by atoms with van der Waals surface area (Å²) in [7, 11) is 4.05. The van der Waals surface area contributed by atoms with Crippen molar-refractivity contribution in [2.45, 2.75) is 32.4 Å². The number of rotatable bonds is 4. The van der Waals surface area contributed by atoms with Crippen molar-refractivity contribution in [1.82, 2.24) is 19.4 Å². The van der Waals surface area contributed by atoms with Crippen LogP contribution in [0.2, 0.25) is 0 Å². The van der Waals surface area contributed by atoms with E-state index in [0.29, 0.717) is 11.7 Å². The Bertz CT molecular complexity index is 952. The highest BCUT2D eigenvalue weighted by Gasteiger charge is 2.26. The van der Waals surface area contributed by atoms with E-state index in [4.69, 9.17) is 4.98 Å². The maximum Gasteiger partial charge on any atom is 0.273 e. The Hall–Kier alpha value is -2.18. The molecule has 0 aliphatic carbocycles. The minimum Gasteiger partial charge on any atom is -0.339 e. The van der Waals surface area contributed by atoms with Crippen LogP contribution in [0.1, 0.15) is 30.3 Å². The summed E-state index contributed by atoms with van der Waals surface area (Å²) in [6, 6.07) is 10.9. The van der Waals surface area contributed by atoms with Crippen molar-refractivity contribution >= 4 is 28.1 Å². The highest BCUT2D eigenvalue weighted by atomic mass is 32.1. The van der Waals surface area contributed by atoms with Crippen molar-refractivity contribution in [3.05, 3.63) is 41.4 Å². The van der Waals surface area contributed by atoms with Gasteiger partial charge in [0.1, 0.15) is 10.7 Å². The van der Waals surface area contributed by atoms with Crippen LogP contribution in [0.5, 0.6) is 0 Å². The van der Waals surface area contributed by atoms with Crippen LogP contribution in [0.25, 0.3) is 21.6 Å². The third kappa shape index (κ3) is 3.39. The summed E-state index contributed by atoms with van der Waals surface area (Å²) in [6.45, 7) is 5.10. The standard InChI is InChI=1S/C21H26N4OS/c1-4-25-18-8-6-5-7-15(18)13-19(25)20-22-17(14-27-20)21(26)24(3)16-9-11-23(2)12-10-16/h5-8,13-14,16H,4,9-12H2,1-3H3. The van der Waals surface area contributed by atoms with Gasteiger partial charge < -0.3 is 14.4 Å². The molecule has 3 aromatic rings. The number of carbonyl (C=O) groups excluding carboxylic acids is 1. The van der Waals surface area contributed by atoms with E-state index < -0.39 is 0 Å². The third-order valence-electron chi connectivity index (χ3n) is 5.63. The van der Waals surface area contributed by atoms with Crippen LogP contribution in [0, 0.1) is 0 Å². The smallest absolute Gasteiger partial charge is 0.273 e. The van der Waals surface area contributed by atoms with Crippen LogP contribution < -0.4 is 0 Å². The minimum atomic E-state index is 0.0335. The van der Waals surface area contributed by atoms with Gasteiger partial charge in [-0.3, -0.25) is 4.79 Å². The van der Waals surface area contributed by atoms with E-state index in [9.17, 15) is 4.79 Å². The van der Waals surface area contributed by atoms with Crippen LogP contribution in [-0.2, 0) is 6.54 Å². The van der Waals surface area contributed by atoms with Gasteiger partial charge in [-0.2, -0.15) is 0 Å². The maximum absolute atomic E-state index is 12.9. The number of fused-ring (bicyclic) bond motifs is 1. The molecule has 0 unspecified atom stereocenters. The molecule has 1 amide bonds. The van der Waals surface area contributed by atoms with E-state index in [-0.39, 0.29) is 5.91 Å². The lowest BCUT2D eigenvalue weighted by atomic mass is 10.0. The number of nitrogens with zero attached hydrogens (tertiary/aromatic N) is 4. The molecule has 2 aromatic heterocycles. The molecule has 1 fully saturated rings. The average molecular weight is 383 g/mol. The van der Waals surface area contributed by atoms with Gasteiger partial charge in [-0.1, -0.05) is 18.2 Å². The normalized spacial score (nSPS) is 16.1. The number of benzene rings is 1. The topological polar surface area (TPSA) is 41.4 Å². The fraction of sp³-hybridized carbons (Fsp3) is 0.429. The molecule has 0 atom stereocenters. The Balaban J connectivity index is 1.59. The second-order valence-corrected chi connectivity index (χ2v) is 8.18. The molecule has 3 heterocycles. The van der Waals surface area contributed by atoms with Gasteiger partial charge >= 0.3 is 0 Å². The summed E-state index contributed by atoms with van der Waals surface area (Å²) in [6.07, 6.45) is 2.06. The molecule has 1 saturated heterocycles. The van der Waals surface area contributed by atoms with Gasteiger partial charge in [-0.25, -0.2) is 4.98 Å². The molecule has 5 nitrogen and oxygen atoms in total. The molecule has 0 spiro atoms. The minimum absolute atomic E-state index is 0.0335. The van der Waals surface area contributed by atoms with Gasteiger partial charge in [0.2, 0.25) is 0 Å². The largest absolute Gasteiger partial charge is 0.339 e. The van der Waals surface area contributed by atoms with Crippen molar-refractivity contribution in [3.8, 4) is 10.7 Å². The van der Waals surface area contributed by atoms with Gasteiger partial charge in [0.05, 0.1) is 5.69 Å². The monoisotopic (exact) mass is 382 g/mol. The Morgan fingerprint density at radius 2 is 2.04 bits per heavy atom. The Kier molecular flexibility index (Phi) is 5.02. The number of piperidine rings is 1. The Morgan fingerprint density at radius 1 is 1.30 bits per heavy atom. The fourth-order valence-electron chi connectivity index (χ4n) is 3.95. The summed E-state index contributed by atoms with van der Waals surface area (Å²) < 4.78 is 2.27. The molecule has 1 aliphatic rings. The fourth-order valence-corrected chi connectivity index (χ4v) is 4.76. The third-order valence-corrected chi connectivity index (χ3v) is 6.49. The number of carbonyl (C=O) groups is 1. The molecule has 0 radical (unpaired) electrons. The number of hydrogen-bond acceptors (Lipinski definition) is 4. The Labute approximate surface area is 164 Å². The molecule has 0 saturated carbocycles. The van der Waals surface area contributed by atoms with Gasteiger partial charge in [0, 0.05) is 35.9 Å². The van der Waals surface area contributed by atoms with Crippen molar-refractivity contribution in [1.29, 1.82) is 0 Å². The highest BCUT2D eigenvalue weighted by molar-refractivity contribution is 7.13. The van der Waals surface area contributed by atoms with Crippen molar-refractivity contribution in [2.75, 3.05) is 27.2 Å². The van der Waals surface area contributed by atoms with Crippen molar-refractivity contribution < 1.29 is 4.79 Å². The van der Waals surface area contributed by atoms with Crippen LogP contribution in [0.3, 0.4) is 0 Å². The van der Waals surface area contributed by atoms with E-state index in [1.54, 1.807) is 11.3 Å². The number of aryl methyl sites for hydroxylation is 1. The molecule has 27 heavy (non-hydrogen) atoms. The predicted octanol–water partition coefficient (Wildman–Crippen LogP) is 3.95. The second kappa shape index (κ2) is 7.44. The summed E-state index contributed by atoms with van der Waals surface area (Å²) in [5.74, 6) is 0.0335. The van der Waals surface area contributed by atoms with Crippen molar-refractivity contribution in [3.63, 3.8) is 0 Å².